The molecule has 0 spiro atoms. The molecule has 2 nitrogen and oxygen atoms in total. The van der Waals surface area contributed by atoms with Gasteiger partial charge in [0.1, 0.15) is 0 Å². The van der Waals surface area contributed by atoms with Crippen LogP contribution in [0.1, 0.15) is 23.5 Å². The maximum absolute atomic E-state index is 8.76. The highest BCUT2D eigenvalue weighted by atomic mass is 14.7. The Morgan fingerprint density at radius 1 is 1.19 bits per heavy atom. The van der Waals surface area contributed by atoms with Crippen molar-refractivity contribution >= 4 is 0 Å². The number of hydrogen-bond donors (Lipinski definition) is 1. The average Bonchev–Trinajstić information content (AvgIpc) is 2.85. The Hall–Kier alpha value is -1.59. The summed E-state index contributed by atoms with van der Waals surface area (Å²) in [7, 11) is 0. The van der Waals surface area contributed by atoms with Crippen LogP contribution >= 0.6 is 0 Å². The highest BCUT2D eigenvalue weighted by Gasteiger charge is 2.42. The molecule has 2 aliphatic carbocycles. The zero-order valence-corrected chi connectivity index (χ0v) is 9.01. The monoisotopic (exact) mass is 210 g/mol. The predicted octanol–water partition coefficient (Wildman–Crippen LogP) is 2.18. The molecule has 0 aromatic heterocycles. The lowest BCUT2D eigenvalue weighted by atomic mass is 9.86. The summed E-state index contributed by atoms with van der Waals surface area (Å²) in [4.78, 5) is 0. The van der Waals surface area contributed by atoms with Gasteiger partial charge in [-0.25, -0.2) is 0 Å². The fraction of sp³-hybridized carbons (Fsp3) is 0.357. The Balaban J connectivity index is 1.89. The second kappa shape index (κ2) is 3.47. The SMILES string of the molecule is N#Cc1ccc(C2CC3C=CC2C3N)cc1. The van der Waals surface area contributed by atoms with Crippen molar-refractivity contribution < 1.29 is 0 Å². The third kappa shape index (κ3) is 1.29. The number of rotatable bonds is 1. The van der Waals surface area contributed by atoms with E-state index in [-0.39, 0.29) is 0 Å². The molecule has 3 rings (SSSR count). The Labute approximate surface area is 95.4 Å². The van der Waals surface area contributed by atoms with Crippen molar-refractivity contribution in [3.05, 3.63) is 47.5 Å². The maximum atomic E-state index is 8.76. The van der Waals surface area contributed by atoms with Crippen molar-refractivity contribution in [2.24, 2.45) is 17.6 Å². The van der Waals surface area contributed by atoms with Gasteiger partial charge < -0.3 is 5.73 Å². The van der Waals surface area contributed by atoms with E-state index >= 15 is 0 Å². The standard InChI is InChI=1S/C14H14N2/c15-8-9-1-3-10(4-2-9)13-7-11-5-6-12(13)14(11)16/h1-6,11-14H,7,16H2. The van der Waals surface area contributed by atoms with Crippen molar-refractivity contribution in [3.8, 4) is 6.07 Å². The van der Waals surface area contributed by atoms with E-state index in [2.05, 4.69) is 30.4 Å². The third-order valence-corrected chi connectivity index (χ3v) is 3.98. The summed E-state index contributed by atoms with van der Waals surface area (Å²) in [6.45, 7) is 0. The van der Waals surface area contributed by atoms with Gasteiger partial charge in [0.15, 0.2) is 0 Å². The number of nitriles is 1. The van der Waals surface area contributed by atoms with Crippen LogP contribution in [-0.2, 0) is 0 Å². The van der Waals surface area contributed by atoms with E-state index in [4.69, 9.17) is 11.0 Å². The van der Waals surface area contributed by atoms with Crippen LogP contribution in [0.3, 0.4) is 0 Å². The Kier molecular flexibility index (Phi) is 2.08. The third-order valence-electron chi connectivity index (χ3n) is 3.98. The summed E-state index contributed by atoms with van der Waals surface area (Å²) in [6.07, 6.45) is 5.69. The minimum atomic E-state index is 0.306. The number of nitrogens with two attached hydrogens (primary N) is 1. The molecule has 1 aromatic carbocycles. The van der Waals surface area contributed by atoms with Crippen LogP contribution in [-0.4, -0.2) is 6.04 Å². The number of fused-ring (bicyclic) bond motifs is 2. The van der Waals surface area contributed by atoms with Crippen LogP contribution < -0.4 is 5.73 Å². The molecule has 0 heterocycles. The molecule has 0 amide bonds. The van der Waals surface area contributed by atoms with Crippen molar-refractivity contribution in [2.45, 2.75) is 18.4 Å². The molecule has 4 atom stereocenters. The van der Waals surface area contributed by atoms with Crippen molar-refractivity contribution in [1.82, 2.24) is 0 Å². The normalized spacial score (nSPS) is 35.2. The zero-order chi connectivity index (χ0) is 11.1. The van der Waals surface area contributed by atoms with E-state index in [0.29, 0.717) is 23.8 Å². The molecular formula is C14H14N2. The van der Waals surface area contributed by atoms with Gasteiger partial charge in [-0.3, -0.25) is 0 Å². The van der Waals surface area contributed by atoms with E-state index in [9.17, 15) is 0 Å². The first-order chi connectivity index (χ1) is 7.79. The average molecular weight is 210 g/mol. The fourth-order valence-electron chi connectivity index (χ4n) is 3.06. The molecule has 1 fully saturated rings. The molecule has 0 radical (unpaired) electrons. The number of nitrogens with zero attached hydrogens (tertiary/aromatic N) is 1. The van der Waals surface area contributed by atoms with Gasteiger partial charge in [0.25, 0.3) is 0 Å². The second-order valence-electron chi connectivity index (χ2n) is 4.78. The molecule has 4 unspecified atom stereocenters. The Morgan fingerprint density at radius 2 is 1.94 bits per heavy atom. The molecule has 2 aliphatic rings. The molecule has 1 aromatic rings. The smallest absolute Gasteiger partial charge is 0.0991 e. The fourth-order valence-corrected chi connectivity index (χ4v) is 3.06. The van der Waals surface area contributed by atoms with E-state index < -0.39 is 0 Å². The van der Waals surface area contributed by atoms with Gasteiger partial charge in [0.2, 0.25) is 0 Å². The Morgan fingerprint density at radius 3 is 2.44 bits per heavy atom. The molecular weight excluding hydrogens is 196 g/mol. The van der Waals surface area contributed by atoms with Gasteiger partial charge in [-0.05, 0) is 41.9 Å². The Bertz CT molecular complexity index is 467. The maximum Gasteiger partial charge on any atom is 0.0991 e. The highest BCUT2D eigenvalue weighted by Crippen LogP contribution is 2.47. The molecule has 2 bridgehead atoms. The minimum Gasteiger partial charge on any atom is -0.327 e. The quantitative estimate of drug-likeness (QED) is 0.722. The van der Waals surface area contributed by atoms with Crippen molar-refractivity contribution in [1.29, 1.82) is 5.26 Å². The molecule has 2 heteroatoms. The summed E-state index contributed by atoms with van der Waals surface area (Å²) in [5.74, 6) is 1.61. The van der Waals surface area contributed by atoms with E-state index in [1.807, 2.05) is 12.1 Å². The first-order valence-corrected chi connectivity index (χ1v) is 5.73. The van der Waals surface area contributed by atoms with Gasteiger partial charge in [0, 0.05) is 6.04 Å². The van der Waals surface area contributed by atoms with Gasteiger partial charge in [0.05, 0.1) is 11.6 Å². The van der Waals surface area contributed by atoms with Crippen LogP contribution in [0, 0.1) is 23.2 Å². The second-order valence-corrected chi connectivity index (χ2v) is 4.78. The van der Waals surface area contributed by atoms with Crippen LogP contribution in [0.5, 0.6) is 0 Å². The molecule has 0 saturated heterocycles. The first kappa shape index (κ1) is 9.62. The van der Waals surface area contributed by atoms with E-state index in [1.54, 1.807) is 0 Å². The molecule has 80 valence electrons. The van der Waals surface area contributed by atoms with Gasteiger partial charge >= 0.3 is 0 Å². The largest absolute Gasteiger partial charge is 0.327 e. The van der Waals surface area contributed by atoms with E-state index in [1.165, 1.54) is 5.56 Å². The molecule has 2 N–H and O–H groups in total. The summed E-state index contributed by atoms with van der Waals surface area (Å²) in [5, 5.41) is 8.76. The zero-order valence-electron chi connectivity index (χ0n) is 9.01. The van der Waals surface area contributed by atoms with Gasteiger partial charge in [-0.2, -0.15) is 5.26 Å². The summed E-state index contributed by atoms with van der Waals surface area (Å²) >= 11 is 0. The van der Waals surface area contributed by atoms with Gasteiger partial charge in [-0.15, -0.1) is 0 Å². The molecule has 16 heavy (non-hydrogen) atoms. The number of hydrogen-bond acceptors (Lipinski definition) is 2. The number of benzene rings is 1. The lowest BCUT2D eigenvalue weighted by Crippen LogP contribution is -2.26. The lowest BCUT2D eigenvalue weighted by Gasteiger charge is -2.19. The van der Waals surface area contributed by atoms with Crippen LogP contribution in [0.2, 0.25) is 0 Å². The summed E-state index contributed by atoms with van der Waals surface area (Å²) in [5.41, 5.74) is 8.21. The first-order valence-electron chi connectivity index (χ1n) is 5.73. The van der Waals surface area contributed by atoms with Crippen LogP contribution in [0.25, 0.3) is 0 Å². The topological polar surface area (TPSA) is 49.8 Å². The van der Waals surface area contributed by atoms with Crippen LogP contribution in [0.4, 0.5) is 0 Å². The molecule has 1 saturated carbocycles. The van der Waals surface area contributed by atoms with Crippen molar-refractivity contribution in [2.75, 3.05) is 0 Å². The highest BCUT2D eigenvalue weighted by molar-refractivity contribution is 5.36. The summed E-state index contributed by atoms with van der Waals surface area (Å²) < 4.78 is 0. The van der Waals surface area contributed by atoms with Crippen LogP contribution in [0.15, 0.2) is 36.4 Å². The minimum absolute atomic E-state index is 0.306. The molecule has 0 aliphatic heterocycles. The van der Waals surface area contributed by atoms with E-state index in [0.717, 1.165) is 12.0 Å². The lowest BCUT2D eigenvalue weighted by molar-refractivity contribution is 0.536. The van der Waals surface area contributed by atoms with Crippen molar-refractivity contribution in [3.63, 3.8) is 0 Å². The summed E-state index contributed by atoms with van der Waals surface area (Å²) in [6, 6.07) is 10.4. The van der Waals surface area contributed by atoms with Gasteiger partial charge in [-0.1, -0.05) is 24.3 Å². The predicted molar refractivity (Wildman–Crippen MR) is 62.6 cm³/mol.